The van der Waals surface area contributed by atoms with Crippen molar-refractivity contribution in [2.75, 3.05) is 19.7 Å². The summed E-state index contributed by atoms with van der Waals surface area (Å²) < 4.78 is 50.3. The molecule has 0 atom stereocenters. The fraction of sp³-hybridized carbons (Fsp3) is 0.500. The highest BCUT2D eigenvalue weighted by Crippen LogP contribution is 2.20. The first kappa shape index (κ1) is 16.2. The molecule has 1 rings (SSSR count). The molecule has 0 aromatic heterocycles. The van der Waals surface area contributed by atoms with Crippen LogP contribution in [0.4, 0.5) is 17.6 Å². The van der Waals surface area contributed by atoms with E-state index in [0.717, 1.165) is 11.0 Å². The Morgan fingerprint density at radius 3 is 2.47 bits per heavy atom. The Morgan fingerprint density at radius 1 is 1.26 bits per heavy atom. The summed E-state index contributed by atoms with van der Waals surface area (Å²) in [6.07, 6.45) is -4.10. The number of benzene rings is 1. The van der Waals surface area contributed by atoms with Gasteiger partial charge in [0.15, 0.2) is 0 Å². The summed E-state index contributed by atoms with van der Waals surface area (Å²) in [5.74, 6) is -0.659. The zero-order valence-electron chi connectivity index (χ0n) is 10.1. The monoisotopic (exact) mass is 299 g/mol. The van der Waals surface area contributed by atoms with Crippen LogP contribution in [-0.2, 0) is 6.54 Å². The van der Waals surface area contributed by atoms with Crippen LogP contribution in [0.5, 0.6) is 0 Å². The molecule has 0 saturated heterocycles. The maximum absolute atomic E-state index is 13.2. The van der Waals surface area contributed by atoms with Gasteiger partial charge in [0, 0.05) is 19.7 Å². The normalized spacial score (nSPS) is 12.2. The average Bonchev–Trinajstić information content (AvgIpc) is 2.29. The molecule has 0 heterocycles. The number of hydrogen-bond donors (Lipinski definition) is 1. The van der Waals surface area contributed by atoms with E-state index < -0.39 is 18.5 Å². The molecule has 0 spiro atoms. The van der Waals surface area contributed by atoms with Crippen LogP contribution in [0.15, 0.2) is 18.2 Å². The largest absolute Gasteiger partial charge is 0.401 e. The van der Waals surface area contributed by atoms with Crippen LogP contribution < -0.4 is 0 Å². The lowest BCUT2D eigenvalue weighted by molar-refractivity contribution is -0.147. The zero-order valence-corrected chi connectivity index (χ0v) is 10.8. The minimum absolute atomic E-state index is 0.0480. The van der Waals surface area contributed by atoms with E-state index in [-0.39, 0.29) is 31.1 Å². The molecule has 0 fully saturated rings. The minimum atomic E-state index is -4.33. The third kappa shape index (κ3) is 6.22. The second-order valence-corrected chi connectivity index (χ2v) is 4.56. The smallest absolute Gasteiger partial charge is 0.396 e. The van der Waals surface area contributed by atoms with E-state index >= 15 is 0 Å². The molecule has 0 aliphatic rings. The first-order chi connectivity index (χ1) is 8.81. The molecule has 0 unspecified atom stereocenters. The lowest BCUT2D eigenvalue weighted by Gasteiger charge is -2.23. The van der Waals surface area contributed by atoms with Crippen LogP contribution in [0.3, 0.4) is 0 Å². The lowest BCUT2D eigenvalue weighted by Crippen LogP contribution is -2.34. The van der Waals surface area contributed by atoms with Gasteiger partial charge < -0.3 is 5.11 Å². The fourth-order valence-electron chi connectivity index (χ4n) is 1.66. The Hall–Kier alpha value is -0.850. The Bertz CT molecular complexity index is 411. The van der Waals surface area contributed by atoms with E-state index in [0.29, 0.717) is 5.56 Å². The van der Waals surface area contributed by atoms with Gasteiger partial charge in [-0.2, -0.15) is 13.2 Å². The molecule has 7 heteroatoms. The third-order valence-corrected chi connectivity index (χ3v) is 2.73. The van der Waals surface area contributed by atoms with Crippen molar-refractivity contribution < 1.29 is 22.7 Å². The molecule has 2 nitrogen and oxygen atoms in total. The van der Waals surface area contributed by atoms with Crippen LogP contribution >= 0.6 is 11.6 Å². The molecule has 1 N–H and O–H groups in total. The van der Waals surface area contributed by atoms with Gasteiger partial charge in [0.2, 0.25) is 0 Å². The van der Waals surface area contributed by atoms with Gasteiger partial charge in [0.05, 0.1) is 11.6 Å². The van der Waals surface area contributed by atoms with Gasteiger partial charge in [-0.25, -0.2) is 4.39 Å². The van der Waals surface area contributed by atoms with Crippen molar-refractivity contribution >= 4 is 11.6 Å². The van der Waals surface area contributed by atoms with Gasteiger partial charge in [-0.05, 0) is 24.1 Å². The average molecular weight is 300 g/mol. The van der Waals surface area contributed by atoms with Gasteiger partial charge in [-0.3, -0.25) is 4.90 Å². The topological polar surface area (TPSA) is 23.5 Å². The number of rotatable bonds is 6. The highest BCUT2D eigenvalue weighted by atomic mass is 35.5. The Morgan fingerprint density at radius 2 is 1.95 bits per heavy atom. The molecule has 108 valence electrons. The first-order valence-corrected chi connectivity index (χ1v) is 6.03. The van der Waals surface area contributed by atoms with Crippen molar-refractivity contribution in [1.82, 2.24) is 4.90 Å². The summed E-state index contributed by atoms with van der Waals surface area (Å²) in [5, 5.41) is 8.61. The van der Waals surface area contributed by atoms with Crippen LogP contribution in [0.1, 0.15) is 12.0 Å². The SMILES string of the molecule is OCCCN(Cc1ccc(Cl)c(F)c1)CC(F)(F)F. The van der Waals surface area contributed by atoms with Gasteiger partial charge in [0.1, 0.15) is 5.82 Å². The van der Waals surface area contributed by atoms with Crippen LogP contribution in [0, 0.1) is 5.82 Å². The summed E-state index contributed by atoms with van der Waals surface area (Å²) >= 11 is 5.51. The molecule has 0 aliphatic carbocycles. The highest BCUT2D eigenvalue weighted by Gasteiger charge is 2.30. The zero-order chi connectivity index (χ0) is 14.5. The van der Waals surface area contributed by atoms with E-state index in [4.69, 9.17) is 16.7 Å². The molecule has 0 radical (unpaired) electrons. The van der Waals surface area contributed by atoms with E-state index in [2.05, 4.69) is 0 Å². The highest BCUT2D eigenvalue weighted by molar-refractivity contribution is 6.30. The molecule has 0 aliphatic heterocycles. The van der Waals surface area contributed by atoms with Gasteiger partial charge >= 0.3 is 6.18 Å². The van der Waals surface area contributed by atoms with Crippen molar-refractivity contribution in [2.24, 2.45) is 0 Å². The molecule has 1 aromatic carbocycles. The Labute approximate surface area is 113 Å². The predicted octanol–water partition coefficient (Wildman–Crippen LogP) is 3.23. The lowest BCUT2D eigenvalue weighted by atomic mass is 10.2. The number of hydrogen-bond acceptors (Lipinski definition) is 2. The van der Waals surface area contributed by atoms with Crippen LogP contribution in [0.25, 0.3) is 0 Å². The van der Waals surface area contributed by atoms with Crippen LogP contribution in [-0.4, -0.2) is 35.9 Å². The van der Waals surface area contributed by atoms with Gasteiger partial charge in [0.25, 0.3) is 0 Å². The third-order valence-electron chi connectivity index (χ3n) is 2.43. The molecular formula is C12H14ClF4NO. The van der Waals surface area contributed by atoms with Crippen molar-refractivity contribution in [3.8, 4) is 0 Å². The van der Waals surface area contributed by atoms with E-state index in [1.807, 2.05) is 0 Å². The Balaban J connectivity index is 2.72. The molecule has 0 bridgehead atoms. The quantitative estimate of drug-likeness (QED) is 0.815. The number of halogens is 5. The number of aliphatic hydroxyl groups excluding tert-OH is 1. The Kier molecular flexibility index (Phi) is 6.03. The summed E-state index contributed by atoms with van der Waals surface area (Å²) in [6.45, 7) is -1.26. The van der Waals surface area contributed by atoms with Gasteiger partial charge in [-0.15, -0.1) is 0 Å². The first-order valence-electron chi connectivity index (χ1n) is 5.65. The fourth-order valence-corrected chi connectivity index (χ4v) is 1.78. The summed E-state index contributed by atoms with van der Waals surface area (Å²) in [4.78, 5) is 1.11. The summed E-state index contributed by atoms with van der Waals surface area (Å²) in [5.41, 5.74) is 0.407. The number of nitrogens with zero attached hydrogens (tertiary/aromatic N) is 1. The maximum Gasteiger partial charge on any atom is 0.401 e. The summed E-state index contributed by atoms with van der Waals surface area (Å²) in [6, 6.07) is 3.91. The molecule has 1 aromatic rings. The molecule has 0 saturated carbocycles. The van der Waals surface area contributed by atoms with Crippen molar-refractivity contribution in [3.63, 3.8) is 0 Å². The maximum atomic E-state index is 13.2. The van der Waals surface area contributed by atoms with E-state index in [1.54, 1.807) is 0 Å². The second kappa shape index (κ2) is 7.07. The molecule has 0 amide bonds. The second-order valence-electron chi connectivity index (χ2n) is 4.15. The van der Waals surface area contributed by atoms with E-state index in [9.17, 15) is 17.6 Å². The van der Waals surface area contributed by atoms with Crippen LogP contribution in [0.2, 0.25) is 5.02 Å². The van der Waals surface area contributed by atoms with Crippen molar-refractivity contribution in [3.05, 3.63) is 34.6 Å². The minimum Gasteiger partial charge on any atom is -0.396 e. The standard InChI is InChI=1S/C12H14ClF4NO/c13-10-3-2-9(6-11(10)14)7-18(4-1-5-19)8-12(15,16)17/h2-3,6,19H,1,4-5,7-8H2. The molecular weight excluding hydrogens is 286 g/mol. The van der Waals surface area contributed by atoms with Crippen molar-refractivity contribution in [1.29, 1.82) is 0 Å². The molecule has 19 heavy (non-hydrogen) atoms. The predicted molar refractivity (Wildman–Crippen MR) is 64.4 cm³/mol. The van der Waals surface area contributed by atoms with Gasteiger partial charge in [-0.1, -0.05) is 17.7 Å². The van der Waals surface area contributed by atoms with Crippen molar-refractivity contribution in [2.45, 2.75) is 19.1 Å². The summed E-state index contributed by atoms with van der Waals surface area (Å²) in [7, 11) is 0. The number of alkyl halides is 3. The van der Waals surface area contributed by atoms with E-state index in [1.165, 1.54) is 12.1 Å². The number of aliphatic hydroxyl groups is 1.